The smallest absolute Gasteiger partial charge is 0.164 e. The highest BCUT2D eigenvalue weighted by molar-refractivity contribution is 7.25. The second-order valence-corrected chi connectivity index (χ2v) is 16.2. The van der Waals surface area contributed by atoms with Crippen molar-refractivity contribution in [2.75, 3.05) is 0 Å². The third-order valence-corrected chi connectivity index (χ3v) is 12.8. The maximum atomic E-state index is 6.66. The number of aromatic nitrogens is 3. The second kappa shape index (κ2) is 13.2. The molecule has 4 nitrogen and oxygen atoms in total. The van der Waals surface area contributed by atoms with Crippen LogP contribution in [0.3, 0.4) is 0 Å². The maximum absolute atomic E-state index is 6.66. The van der Waals surface area contributed by atoms with E-state index in [1.165, 1.54) is 53.2 Å². The number of thiophene rings is 1. The van der Waals surface area contributed by atoms with Crippen LogP contribution in [0.15, 0.2) is 174 Å². The first-order valence-corrected chi connectivity index (χ1v) is 20.5. The van der Waals surface area contributed by atoms with Gasteiger partial charge in [0, 0.05) is 42.1 Å². The molecular formula is C53H33N3OS. The van der Waals surface area contributed by atoms with E-state index in [2.05, 4.69) is 164 Å². The van der Waals surface area contributed by atoms with Gasteiger partial charge in [-0.2, -0.15) is 0 Å². The van der Waals surface area contributed by atoms with Gasteiger partial charge in [-0.1, -0.05) is 133 Å². The van der Waals surface area contributed by atoms with Crippen molar-refractivity contribution in [1.29, 1.82) is 0 Å². The van der Waals surface area contributed by atoms with Crippen molar-refractivity contribution in [3.05, 3.63) is 187 Å². The van der Waals surface area contributed by atoms with Gasteiger partial charge in [0.15, 0.2) is 17.5 Å². The average Bonchev–Trinajstić information content (AvgIpc) is 3.87. The molecule has 3 heterocycles. The Morgan fingerprint density at radius 2 is 1.16 bits per heavy atom. The predicted molar refractivity (Wildman–Crippen MR) is 242 cm³/mol. The molecule has 0 spiro atoms. The van der Waals surface area contributed by atoms with Crippen LogP contribution in [0.1, 0.15) is 23.4 Å². The molecular weight excluding hydrogens is 727 g/mol. The molecule has 11 aromatic rings. The fourth-order valence-corrected chi connectivity index (χ4v) is 9.88. The lowest BCUT2D eigenvalue weighted by Gasteiger charge is -2.17. The Balaban J connectivity index is 0.999. The zero-order chi connectivity index (χ0) is 38.2. The molecule has 0 aliphatic heterocycles. The van der Waals surface area contributed by atoms with E-state index in [0.717, 1.165) is 62.6 Å². The number of aryl methyl sites for hydroxylation is 1. The summed E-state index contributed by atoms with van der Waals surface area (Å²) in [6.45, 7) is 0. The van der Waals surface area contributed by atoms with Gasteiger partial charge in [-0.3, -0.25) is 0 Å². The lowest BCUT2D eigenvalue weighted by molar-refractivity contribution is 0.669. The molecule has 1 aliphatic rings. The lowest BCUT2D eigenvalue weighted by Crippen LogP contribution is -2.06. The Hall–Kier alpha value is -7.21. The van der Waals surface area contributed by atoms with Gasteiger partial charge in [0.1, 0.15) is 11.2 Å². The average molecular weight is 760 g/mol. The summed E-state index contributed by atoms with van der Waals surface area (Å²) in [5, 5.41) is 7.06. The molecule has 272 valence electrons. The number of hydrogen-bond donors (Lipinski definition) is 0. The highest BCUT2D eigenvalue weighted by atomic mass is 32.1. The predicted octanol–water partition coefficient (Wildman–Crippen LogP) is 14.4. The van der Waals surface area contributed by atoms with Gasteiger partial charge in [0.05, 0.1) is 0 Å². The summed E-state index contributed by atoms with van der Waals surface area (Å²) < 4.78 is 9.24. The molecule has 0 amide bonds. The maximum Gasteiger partial charge on any atom is 0.164 e. The van der Waals surface area contributed by atoms with Crippen molar-refractivity contribution in [1.82, 2.24) is 15.0 Å². The fourth-order valence-electron chi connectivity index (χ4n) is 8.75. The number of allylic oxidation sites excluding steroid dienone is 1. The molecule has 12 rings (SSSR count). The topological polar surface area (TPSA) is 51.8 Å². The van der Waals surface area contributed by atoms with Crippen LogP contribution in [0.25, 0.3) is 110 Å². The Labute approximate surface area is 338 Å². The van der Waals surface area contributed by atoms with Gasteiger partial charge in [-0.05, 0) is 105 Å². The zero-order valence-electron chi connectivity index (χ0n) is 31.3. The normalized spacial score (nSPS) is 12.8. The van der Waals surface area contributed by atoms with E-state index in [-0.39, 0.29) is 0 Å². The molecule has 0 saturated carbocycles. The van der Waals surface area contributed by atoms with Crippen molar-refractivity contribution in [2.24, 2.45) is 0 Å². The lowest BCUT2D eigenvalue weighted by atomic mass is 9.92. The summed E-state index contributed by atoms with van der Waals surface area (Å²) >= 11 is 1.84. The molecule has 0 atom stereocenters. The summed E-state index contributed by atoms with van der Waals surface area (Å²) in [5.41, 5.74) is 11.8. The number of fused-ring (bicyclic) bond motifs is 8. The first kappa shape index (κ1) is 33.0. The van der Waals surface area contributed by atoms with Crippen molar-refractivity contribution in [2.45, 2.75) is 12.8 Å². The molecule has 0 bridgehead atoms. The summed E-state index contributed by atoms with van der Waals surface area (Å²) in [6, 6.07) is 60.3. The summed E-state index contributed by atoms with van der Waals surface area (Å²) in [7, 11) is 0. The first-order valence-electron chi connectivity index (χ1n) is 19.7. The zero-order valence-corrected chi connectivity index (χ0v) is 32.1. The molecule has 0 N–H and O–H groups in total. The monoisotopic (exact) mass is 759 g/mol. The summed E-state index contributed by atoms with van der Waals surface area (Å²) in [4.78, 5) is 15.6. The van der Waals surface area contributed by atoms with Crippen molar-refractivity contribution >= 4 is 75.9 Å². The molecule has 58 heavy (non-hydrogen) atoms. The summed E-state index contributed by atoms with van der Waals surface area (Å²) in [5.74, 6) is 1.98. The van der Waals surface area contributed by atoms with Gasteiger partial charge in [0.25, 0.3) is 0 Å². The summed E-state index contributed by atoms with van der Waals surface area (Å²) in [6.07, 6.45) is 4.05. The van der Waals surface area contributed by atoms with E-state index >= 15 is 0 Å². The molecule has 1 aliphatic carbocycles. The van der Waals surface area contributed by atoms with E-state index in [4.69, 9.17) is 19.4 Å². The Morgan fingerprint density at radius 1 is 0.431 bits per heavy atom. The van der Waals surface area contributed by atoms with Crippen LogP contribution >= 0.6 is 11.3 Å². The van der Waals surface area contributed by atoms with Crippen LogP contribution in [0.4, 0.5) is 0 Å². The fraction of sp³-hybridized carbons (Fsp3) is 0.0377. The molecule has 0 radical (unpaired) electrons. The SMILES string of the molecule is C1=C(c2nc(-c3ccc(-c4ccc5ccccc5c4)cc3)nc(-c3cccc4oc5cc(-c6cccc7sc8ccccc8c67)ccc5c34)n2)CCc2ccccc21. The number of rotatable bonds is 5. The molecule has 3 aromatic heterocycles. The number of furan rings is 1. The standard InChI is InChI=1S/C53H33N3OS/c1-3-11-36-29-38(25-21-32(36)9-1)34-19-23-35(24-20-34)51-54-52(40-26-22-33-10-2-4-12-37(33)30-40)56-53(55-51)44-15-7-16-45-49(44)42-28-27-39(31-46(42)57-45)41-14-8-18-48-50(41)43-13-5-6-17-47(43)58-48/h1-21,23-25,27-31H,22,26H2. The van der Waals surface area contributed by atoms with E-state index in [1.54, 1.807) is 0 Å². The van der Waals surface area contributed by atoms with Gasteiger partial charge in [-0.25, -0.2) is 15.0 Å². The van der Waals surface area contributed by atoms with Crippen LogP contribution in [0.2, 0.25) is 0 Å². The van der Waals surface area contributed by atoms with Crippen LogP contribution < -0.4 is 0 Å². The van der Waals surface area contributed by atoms with Gasteiger partial charge < -0.3 is 4.42 Å². The third kappa shape index (κ3) is 5.47. The minimum Gasteiger partial charge on any atom is -0.456 e. The van der Waals surface area contributed by atoms with Crippen LogP contribution in [-0.2, 0) is 6.42 Å². The largest absolute Gasteiger partial charge is 0.456 e. The number of benzene rings is 8. The minimum absolute atomic E-state index is 0.630. The molecule has 0 unspecified atom stereocenters. The third-order valence-electron chi connectivity index (χ3n) is 11.6. The van der Waals surface area contributed by atoms with Crippen LogP contribution in [0.5, 0.6) is 0 Å². The van der Waals surface area contributed by atoms with Crippen molar-refractivity contribution in [3.63, 3.8) is 0 Å². The number of nitrogens with zero attached hydrogens (tertiary/aromatic N) is 3. The second-order valence-electron chi connectivity index (χ2n) is 15.1. The van der Waals surface area contributed by atoms with Crippen molar-refractivity contribution in [3.8, 4) is 45.0 Å². The van der Waals surface area contributed by atoms with E-state index in [9.17, 15) is 0 Å². The highest BCUT2D eigenvalue weighted by Gasteiger charge is 2.21. The minimum atomic E-state index is 0.630. The molecule has 8 aromatic carbocycles. The van der Waals surface area contributed by atoms with E-state index in [0.29, 0.717) is 17.5 Å². The highest BCUT2D eigenvalue weighted by Crippen LogP contribution is 2.43. The van der Waals surface area contributed by atoms with E-state index in [1.807, 2.05) is 23.5 Å². The Morgan fingerprint density at radius 3 is 2.10 bits per heavy atom. The van der Waals surface area contributed by atoms with Gasteiger partial charge >= 0.3 is 0 Å². The van der Waals surface area contributed by atoms with Crippen LogP contribution in [-0.4, -0.2) is 15.0 Å². The molecule has 5 heteroatoms. The van der Waals surface area contributed by atoms with E-state index < -0.39 is 0 Å². The number of hydrogen-bond acceptors (Lipinski definition) is 5. The quantitative estimate of drug-likeness (QED) is 0.175. The Bertz CT molecular complexity index is 3460. The Kier molecular flexibility index (Phi) is 7.50. The van der Waals surface area contributed by atoms with Crippen LogP contribution in [0, 0.1) is 0 Å². The van der Waals surface area contributed by atoms with Gasteiger partial charge in [-0.15, -0.1) is 11.3 Å². The first-order chi connectivity index (χ1) is 28.7. The molecule has 0 saturated heterocycles. The van der Waals surface area contributed by atoms with Crippen molar-refractivity contribution < 1.29 is 4.42 Å². The van der Waals surface area contributed by atoms with Gasteiger partial charge in [0.2, 0.25) is 0 Å². The molecule has 0 fully saturated rings.